The highest BCUT2D eigenvalue weighted by Gasteiger charge is 2.20. The predicted octanol–water partition coefficient (Wildman–Crippen LogP) is 12.2. The summed E-state index contributed by atoms with van der Waals surface area (Å²) in [7, 11) is 0. The molecule has 43 heavy (non-hydrogen) atoms. The minimum absolute atomic E-state index is 0.552. The van der Waals surface area contributed by atoms with Gasteiger partial charge in [0.25, 0.3) is 0 Å². The topological polar surface area (TPSA) is 40.5 Å². The van der Waals surface area contributed by atoms with Crippen molar-refractivity contribution in [3.8, 4) is 11.5 Å². The molecule has 2 N–H and O–H groups in total. The van der Waals surface area contributed by atoms with Crippen LogP contribution in [0, 0.1) is 23.7 Å². The lowest BCUT2D eigenvalue weighted by Crippen LogP contribution is -2.09. The first kappa shape index (κ1) is 37.2. The number of aromatic hydroxyl groups is 2. The summed E-state index contributed by atoms with van der Waals surface area (Å²) < 4.78 is 0. The smallest absolute Gasteiger partial charge is 0.121 e. The fourth-order valence-electron chi connectivity index (χ4n) is 7.41. The summed E-state index contributed by atoms with van der Waals surface area (Å²) in [5.74, 6) is 3.54. The van der Waals surface area contributed by atoms with Crippen LogP contribution in [0.4, 0.5) is 0 Å². The van der Waals surface area contributed by atoms with E-state index in [1.54, 1.807) is 0 Å². The highest BCUT2D eigenvalue weighted by molar-refractivity contribution is 5.49. The Hall–Kier alpha value is -1.96. The molecule has 2 rings (SSSR count). The van der Waals surface area contributed by atoms with Gasteiger partial charge in [0.1, 0.15) is 11.5 Å². The molecule has 244 valence electrons. The van der Waals surface area contributed by atoms with Crippen molar-refractivity contribution in [2.75, 3.05) is 0 Å². The molecule has 0 saturated carbocycles. The van der Waals surface area contributed by atoms with Gasteiger partial charge < -0.3 is 10.2 Å². The maximum absolute atomic E-state index is 11.5. The molecule has 2 aromatic carbocycles. The highest BCUT2D eigenvalue weighted by Crippen LogP contribution is 2.36. The Morgan fingerprint density at radius 3 is 0.837 bits per heavy atom. The van der Waals surface area contributed by atoms with Crippen molar-refractivity contribution in [2.24, 2.45) is 23.7 Å². The minimum Gasteiger partial charge on any atom is -0.507 e. The first-order valence-electron chi connectivity index (χ1n) is 18.4. The molecular weight excluding hydrogens is 524 g/mol. The van der Waals surface area contributed by atoms with Crippen molar-refractivity contribution in [3.05, 3.63) is 57.6 Å². The molecule has 0 heterocycles. The van der Waals surface area contributed by atoms with Crippen molar-refractivity contribution in [2.45, 2.75) is 165 Å². The fraction of sp³-hybridized carbons (Fsp3) is 0.707. The van der Waals surface area contributed by atoms with Crippen LogP contribution in [0.15, 0.2) is 24.3 Å². The zero-order valence-electron chi connectivity index (χ0n) is 29.5. The van der Waals surface area contributed by atoms with Gasteiger partial charge in [0, 0.05) is 0 Å². The predicted molar refractivity (Wildman–Crippen MR) is 189 cm³/mol. The van der Waals surface area contributed by atoms with E-state index in [1.165, 1.54) is 62.5 Å². The lowest BCUT2D eigenvalue weighted by atomic mass is 9.84. The Balaban J connectivity index is 2.59. The van der Waals surface area contributed by atoms with E-state index in [2.05, 4.69) is 79.7 Å². The molecule has 2 aromatic rings. The largest absolute Gasteiger partial charge is 0.507 e. The van der Waals surface area contributed by atoms with Crippen LogP contribution in [0.5, 0.6) is 11.5 Å². The Labute approximate surface area is 267 Å². The second kappa shape index (κ2) is 20.1. The van der Waals surface area contributed by atoms with E-state index < -0.39 is 0 Å². The van der Waals surface area contributed by atoms with Gasteiger partial charge in [-0.3, -0.25) is 0 Å². The molecule has 0 aliphatic heterocycles. The van der Waals surface area contributed by atoms with Crippen LogP contribution in [-0.4, -0.2) is 10.2 Å². The van der Waals surface area contributed by atoms with Crippen LogP contribution in [0.2, 0.25) is 0 Å². The maximum atomic E-state index is 11.5. The Morgan fingerprint density at radius 2 is 0.651 bits per heavy atom. The van der Waals surface area contributed by atoms with E-state index in [9.17, 15) is 10.2 Å². The van der Waals surface area contributed by atoms with Gasteiger partial charge in [-0.05, 0) is 89.2 Å². The van der Waals surface area contributed by atoms with Crippen LogP contribution in [0.1, 0.15) is 166 Å². The van der Waals surface area contributed by atoms with Crippen LogP contribution >= 0.6 is 0 Å². The van der Waals surface area contributed by atoms with E-state index in [0.29, 0.717) is 35.2 Å². The van der Waals surface area contributed by atoms with E-state index in [1.807, 2.05) is 0 Å². The molecule has 0 aliphatic rings. The monoisotopic (exact) mass is 593 g/mol. The quantitative estimate of drug-likeness (QED) is 0.143. The third-order valence-electron chi connectivity index (χ3n) is 10.2. The van der Waals surface area contributed by atoms with Crippen molar-refractivity contribution in [1.29, 1.82) is 0 Å². The van der Waals surface area contributed by atoms with Gasteiger partial charge in [-0.1, -0.05) is 157 Å². The molecule has 0 aliphatic carbocycles. The third kappa shape index (κ3) is 11.8. The van der Waals surface area contributed by atoms with E-state index in [0.717, 1.165) is 80.0 Å². The summed E-state index contributed by atoms with van der Waals surface area (Å²) in [5, 5.41) is 23.1. The van der Waals surface area contributed by atoms with E-state index in [4.69, 9.17) is 0 Å². The molecular formula is C41H68O2. The molecule has 0 aromatic heterocycles. The summed E-state index contributed by atoms with van der Waals surface area (Å²) in [5.41, 5.74) is 7.18. The average molecular weight is 593 g/mol. The van der Waals surface area contributed by atoms with Crippen LogP contribution < -0.4 is 0 Å². The van der Waals surface area contributed by atoms with Gasteiger partial charge in [0.2, 0.25) is 0 Å². The highest BCUT2D eigenvalue weighted by atomic mass is 16.3. The Morgan fingerprint density at radius 1 is 0.419 bits per heavy atom. The minimum atomic E-state index is 0.552. The molecule has 0 fully saturated rings. The summed E-state index contributed by atoms with van der Waals surface area (Å²) in [6.07, 6.45) is 18.9. The van der Waals surface area contributed by atoms with Gasteiger partial charge in [-0.15, -0.1) is 0 Å². The number of hydrogen-bond donors (Lipinski definition) is 2. The summed E-state index contributed by atoms with van der Waals surface area (Å²) in [6, 6.07) is 9.23. The van der Waals surface area contributed by atoms with Crippen LogP contribution in [-0.2, 0) is 32.1 Å². The van der Waals surface area contributed by atoms with Gasteiger partial charge in [-0.25, -0.2) is 0 Å². The summed E-state index contributed by atoms with van der Waals surface area (Å²) in [6.45, 7) is 18.3. The van der Waals surface area contributed by atoms with Crippen LogP contribution in [0.25, 0.3) is 0 Å². The van der Waals surface area contributed by atoms with E-state index >= 15 is 0 Å². The number of hydrogen-bond acceptors (Lipinski definition) is 2. The normalized spacial score (nSPS) is 14.5. The van der Waals surface area contributed by atoms with Gasteiger partial charge in [0.05, 0.1) is 0 Å². The first-order chi connectivity index (χ1) is 20.8. The third-order valence-corrected chi connectivity index (χ3v) is 10.2. The molecule has 0 spiro atoms. The summed E-state index contributed by atoms with van der Waals surface area (Å²) in [4.78, 5) is 0. The second-order valence-corrected chi connectivity index (χ2v) is 13.8. The molecule has 0 radical (unpaired) electrons. The maximum Gasteiger partial charge on any atom is 0.121 e. The Kier molecular flexibility index (Phi) is 17.4. The fourth-order valence-corrected chi connectivity index (χ4v) is 7.41. The van der Waals surface area contributed by atoms with Crippen LogP contribution in [0.3, 0.4) is 0 Å². The second-order valence-electron chi connectivity index (χ2n) is 13.8. The lowest BCUT2D eigenvalue weighted by Gasteiger charge is -2.22. The summed E-state index contributed by atoms with van der Waals surface area (Å²) >= 11 is 0. The SMILES string of the molecule is CCCC(CC)Cc1cc(Cc2cc(CC(CC)CCC)c(O)c(CC(CC)CCC)c2)cc(CC(CC)CCC)c1O. The van der Waals surface area contributed by atoms with Crippen molar-refractivity contribution in [1.82, 2.24) is 0 Å². The van der Waals surface area contributed by atoms with Crippen molar-refractivity contribution >= 4 is 0 Å². The van der Waals surface area contributed by atoms with Crippen molar-refractivity contribution in [3.63, 3.8) is 0 Å². The number of phenolic OH excluding ortho intramolecular Hbond substituents is 2. The molecule has 2 heteroatoms. The standard InChI is InChI=1S/C41H68O2/c1-9-17-30(13-5)22-36-26-34(27-37(40(36)42)23-31(14-6)18-10-2)21-35-28-38(24-32(15-7)19-11-3)41(43)39(29-35)25-33(16-8)20-12-4/h26-33,42-43H,9-25H2,1-8H3. The zero-order valence-corrected chi connectivity index (χ0v) is 29.5. The average Bonchev–Trinajstić information content (AvgIpc) is 3.00. The number of benzene rings is 2. The van der Waals surface area contributed by atoms with Gasteiger partial charge in [0.15, 0.2) is 0 Å². The Bertz CT molecular complexity index is 896. The molecule has 2 nitrogen and oxygen atoms in total. The molecule has 4 unspecified atom stereocenters. The molecule has 0 saturated heterocycles. The molecule has 0 bridgehead atoms. The van der Waals surface area contributed by atoms with E-state index in [-0.39, 0.29) is 0 Å². The van der Waals surface area contributed by atoms with Gasteiger partial charge in [-0.2, -0.15) is 0 Å². The number of phenols is 2. The first-order valence-corrected chi connectivity index (χ1v) is 18.4. The molecule has 0 amide bonds. The van der Waals surface area contributed by atoms with Crippen molar-refractivity contribution < 1.29 is 10.2 Å². The lowest BCUT2D eigenvalue weighted by molar-refractivity contribution is 0.415. The zero-order chi connectivity index (χ0) is 31.8. The van der Waals surface area contributed by atoms with Gasteiger partial charge >= 0.3 is 0 Å². The molecule has 4 atom stereocenters. The number of rotatable bonds is 22.